The minimum Gasteiger partial charge on any atom is -0.382 e. The minimum atomic E-state index is 0.371. The van der Waals surface area contributed by atoms with Crippen molar-refractivity contribution in [3.63, 3.8) is 0 Å². The summed E-state index contributed by atoms with van der Waals surface area (Å²) in [6, 6.07) is 9.91. The van der Waals surface area contributed by atoms with Crippen molar-refractivity contribution in [2.45, 2.75) is 37.9 Å². The third-order valence-electron chi connectivity index (χ3n) is 4.38. The number of nitrogens with two attached hydrogens (primary N) is 1. The van der Waals surface area contributed by atoms with E-state index >= 15 is 0 Å². The fourth-order valence-electron chi connectivity index (χ4n) is 3.17. The lowest BCUT2D eigenvalue weighted by molar-refractivity contribution is 0.327. The molecule has 1 aromatic rings. The molecule has 2 aliphatic rings. The van der Waals surface area contributed by atoms with Crippen molar-refractivity contribution >= 4 is 5.69 Å². The van der Waals surface area contributed by atoms with Crippen LogP contribution in [0.15, 0.2) is 24.3 Å². The van der Waals surface area contributed by atoms with Crippen LogP contribution in [0, 0.1) is 0 Å². The fourth-order valence-corrected chi connectivity index (χ4v) is 3.17. The van der Waals surface area contributed by atoms with E-state index in [9.17, 15) is 0 Å². The summed E-state index contributed by atoms with van der Waals surface area (Å²) in [6.07, 6.45) is 3.57. The summed E-state index contributed by atoms with van der Waals surface area (Å²) in [5.41, 5.74) is 8.58. The summed E-state index contributed by atoms with van der Waals surface area (Å²) in [6.45, 7) is 5.46. The van der Waals surface area contributed by atoms with E-state index in [1.54, 1.807) is 0 Å². The standard InChI is InChI=1S/C16H26N4/c17-14-7-10-20(12-14)11-13-1-3-15(4-2-13)19-16-5-8-18-9-6-16/h1-4,14,16,18-19H,5-12,17H2. The Balaban J connectivity index is 1.51. The van der Waals surface area contributed by atoms with Crippen LogP contribution in [-0.4, -0.2) is 43.2 Å². The molecule has 1 aromatic carbocycles. The highest BCUT2D eigenvalue weighted by molar-refractivity contribution is 5.45. The summed E-state index contributed by atoms with van der Waals surface area (Å²) >= 11 is 0. The molecule has 0 aliphatic carbocycles. The maximum atomic E-state index is 5.95. The zero-order valence-electron chi connectivity index (χ0n) is 12.1. The molecule has 2 aliphatic heterocycles. The Morgan fingerprint density at radius 1 is 1.15 bits per heavy atom. The Kier molecular flexibility index (Phi) is 4.55. The van der Waals surface area contributed by atoms with E-state index in [0.717, 1.165) is 39.1 Å². The lowest BCUT2D eigenvalue weighted by Gasteiger charge is -2.25. The van der Waals surface area contributed by atoms with Crippen molar-refractivity contribution in [2.24, 2.45) is 5.73 Å². The van der Waals surface area contributed by atoms with Crippen LogP contribution in [0.1, 0.15) is 24.8 Å². The molecule has 4 N–H and O–H groups in total. The quantitative estimate of drug-likeness (QED) is 0.776. The van der Waals surface area contributed by atoms with Crippen LogP contribution in [0.2, 0.25) is 0 Å². The number of piperidine rings is 1. The molecule has 2 heterocycles. The van der Waals surface area contributed by atoms with Gasteiger partial charge in [-0.3, -0.25) is 4.90 Å². The van der Waals surface area contributed by atoms with Gasteiger partial charge < -0.3 is 16.4 Å². The molecular formula is C16H26N4. The number of nitrogens with one attached hydrogen (secondary N) is 2. The van der Waals surface area contributed by atoms with Crippen molar-refractivity contribution in [2.75, 3.05) is 31.5 Å². The molecule has 4 heteroatoms. The molecule has 110 valence electrons. The average Bonchev–Trinajstić information content (AvgIpc) is 2.88. The van der Waals surface area contributed by atoms with Gasteiger partial charge in [-0.15, -0.1) is 0 Å². The number of hydrogen-bond donors (Lipinski definition) is 3. The zero-order valence-corrected chi connectivity index (χ0v) is 12.1. The van der Waals surface area contributed by atoms with Crippen LogP contribution in [0.5, 0.6) is 0 Å². The minimum absolute atomic E-state index is 0.371. The average molecular weight is 274 g/mol. The van der Waals surface area contributed by atoms with Crippen LogP contribution >= 0.6 is 0 Å². The molecule has 0 bridgehead atoms. The lowest BCUT2D eigenvalue weighted by Crippen LogP contribution is -2.35. The second kappa shape index (κ2) is 6.57. The molecule has 0 spiro atoms. The largest absolute Gasteiger partial charge is 0.382 e. The van der Waals surface area contributed by atoms with Gasteiger partial charge in [0.1, 0.15) is 0 Å². The molecule has 1 unspecified atom stereocenters. The second-order valence-corrected chi connectivity index (χ2v) is 6.15. The van der Waals surface area contributed by atoms with Crippen LogP contribution in [0.4, 0.5) is 5.69 Å². The predicted octanol–water partition coefficient (Wildman–Crippen LogP) is 1.38. The first-order valence-corrected chi connectivity index (χ1v) is 7.84. The Labute approximate surface area is 121 Å². The lowest BCUT2D eigenvalue weighted by atomic mass is 10.1. The first kappa shape index (κ1) is 13.9. The van der Waals surface area contributed by atoms with Crippen LogP contribution in [0.3, 0.4) is 0 Å². The van der Waals surface area contributed by atoms with Gasteiger partial charge in [0.2, 0.25) is 0 Å². The summed E-state index contributed by atoms with van der Waals surface area (Å²) in [7, 11) is 0. The van der Waals surface area contributed by atoms with E-state index < -0.39 is 0 Å². The van der Waals surface area contributed by atoms with Gasteiger partial charge in [-0.05, 0) is 50.0 Å². The van der Waals surface area contributed by atoms with Gasteiger partial charge in [-0.1, -0.05) is 12.1 Å². The highest BCUT2D eigenvalue weighted by atomic mass is 15.2. The normalized spacial score (nSPS) is 24.9. The smallest absolute Gasteiger partial charge is 0.0342 e. The van der Waals surface area contributed by atoms with Crippen LogP contribution in [0.25, 0.3) is 0 Å². The first-order valence-electron chi connectivity index (χ1n) is 7.84. The SMILES string of the molecule is NC1CCN(Cc2ccc(NC3CCNCC3)cc2)C1. The van der Waals surface area contributed by atoms with E-state index in [-0.39, 0.29) is 0 Å². The zero-order chi connectivity index (χ0) is 13.8. The van der Waals surface area contributed by atoms with Crippen molar-refractivity contribution < 1.29 is 0 Å². The van der Waals surface area contributed by atoms with Gasteiger partial charge in [-0.25, -0.2) is 0 Å². The Hall–Kier alpha value is -1.10. The molecule has 2 saturated heterocycles. The number of nitrogens with zero attached hydrogens (tertiary/aromatic N) is 1. The van der Waals surface area contributed by atoms with Gasteiger partial charge in [0.05, 0.1) is 0 Å². The summed E-state index contributed by atoms with van der Waals surface area (Å²) in [5.74, 6) is 0. The third kappa shape index (κ3) is 3.72. The van der Waals surface area contributed by atoms with Crippen LogP contribution < -0.4 is 16.4 Å². The maximum absolute atomic E-state index is 5.95. The molecule has 0 aromatic heterocycles. The van der Waals surface area contributed by atoms with E-state index in [2.05, 4.69) is 39.8 Å². The Morgan fingerprint density at radius 2 is 1.90 bits per heavy atom. The number of anilines is 1. The van der Waals surface area contributed by atoms with Crippen molar-refractivity contribution in [1.29, 1.82) is 0 Å². The second-order valence-electron chi connectivity index (χ2n) is 6.15. The fraction of sp³-hybridized carbons (Fsp3) is 0.625. The molecule has 4 nitrogen and oxygen atoms in total. The monoisotopic (exact) mass is 274 g/mol. The van der Waals surface area contributed by atoms with Gasteiger partial charge in [0, 0.05) is 37.4 Å². The molecule has 0 saturated carbocycles. The Bertz CT molecular complexity index is 385. The molecule has 0 radical (unpaired) electrons. The number of hydrogen-bond acceptors (Lipinski definition) is 4. The number of benzene rings is 1. The molecule has 0 amide bonds. The van der Waals surface area contributed by atoms with Crippen LogP contribution in [-0.2, 0) is 6.54 Å². The molecule has 2 fully saturated rings. The van der Waals surface area contributed by atoms with Crippen molar-refractivity contribution in [1.82, 2.24) is 10.2 Å². The molecule has 1 atom stereocenters. The maximum Gasteiger partial charge on any atom is 0.0342 e. The van der Waals surface area contributed by atoms with E-state index in [4.69, 9.17) is 5.73 Å². The Morgan fingerprint density at radius 3 is 2.55 bits per heavy atom. The highest BCUT2D eigenvalue weighted by Crippen LogP contribution is 2.17. The molecular weight excluding hydrogens is 248 g/mol. The van der Waals surface area contributed by atoms with Crippen molar-refractivity contribution in [3.8, 4) is 0 Å². The van der Waals surface area contributed by atoms with Gasteiger partial charge in [0.15, 0.2) is 0 Å². The highest BCUT2D eigenvalue weighted by Gasteiger charge is 2.18. The summed E-state index contributed by atoms with van der Waals surface area (Å²) in [4.78, 5) is 2.44. The van der Waals surface area contributed by atoms with Gasteiger partial charge >= 0.3 is 0 Å². The van der Waals surface area contributed by atoms with Gasteiger partial charge in [-0.2, -0.15) is 0 Å². The predicted molar refractivity (Wildman–Crippen MR) is 83.8 cm³/mol. The van der Waals surface area contributed by atoms with Gasteiger partial charge in [0.25, 0.3) is 0 Å². The molecule has 20 heavy (non-hydrogen) atoms. The van der Waals surface area contributed by atoms with E-state index in [1.807, 2.05) is 0 Å². The topological polar surface area (TPSA) is 53.3 Å². The summed E-state index contributed by atoms with van der Waals surface area (Å²) < 4.78 is 0. The number of rotatable bonds is 4. The van der Waals surface area contributed by atoms with E-state index in [1.165, 1.54) is 24.1 Å². The first-order chi connectivity index (χ1) is 9.79. The van der Waals surface area contributed by atoms with E-state index in [0.29, 0.717) is 12.1 Å². The van der Waals surface area contributed by atoms with Crippen molar-refractivity contribution in [3.05, 3.63) is 29.8 Å². The molecule has 3 rings (SSSR count). The summed E-state index contributed by atoms with van der Waals surface area (Å²) in [5, 5.41) is 7.03. The number of likely N-dealkylation sites (tertiary alicyclic amines) is 1. The third-order valence-corrected chi connectivity index (χ3v) is 4.38.